The lowest BCUT2D eigenvalue weighted by Gasteiger charge is -2.24. The fourth-order valence-electron chi connectivity index (χ4n) is 2.67. The van der Waals surface area contributed by atoms with E-state index in [2.05, 4.69) is 33.7 Å². The average Bonchev–Trinajstić information content (AvgIpc) is 2.82. The molecule has 0 saturated carbocycles. The maximum absolute atomic E-state index is 12.1. The third kappa shape index (κ3) is 3.74. The van der Waals surface area contributed by atoms with Crippen LogP contribution < -0.4 is 9.62 Å². The Hall–Kier alpha value is -1.25. The Morgan fingerprint density at radius 2 is 1.95 bits per heavy atom. The molecule has 7 nitrogen and oxygen atoms in total. The van der Waals surface area contributed by atoms with Crippen molar-refractivity contribution in [3.8, 4) is 0 Å². The number of nitrogens with zero attached hydrogens (tertiary/aromatic N) is 4. The van der Waals surface area contributed by atoms with E-state index in [1.165, 1.54) is 18.4 Å². The lowest BCUT2D eigenvalue weighted by Crippen LogP contribution is -2.46. The number of nitrogens with one attached hydrogen (secondary N) is 1. The van der Waals surface area contributed by atoms with Crippen molar-refractivity contribution in [2.45, 2.75) is 26.8 Å². The molecule has 8 heteroatoms. The van der Waals surface area contributed by atoms with Crippen LogP contribution in [0.5, 0.6) is 0 Å². The summed E-state index contributed by atoms with van der Waals surface area (Å²) < 4.78 is 28.2. The SMILES string of the molecule is Cc1ccc(N2C[C@@H](NS(=O)(=O)N(C)C)[C@H](C(C)C)C2)nn1. The van der Waals surface area contributed by atoms with Crippen LogP contribution in [0.2, 0.25) is 0 Å². The quantitative estimate of drug-likeness (QED) is 0.859. The van der Waals surface area contributed by atoms with E-state index < -0.39 is 10.2 Å². The smallest absolute Gasteiger partial charge is 0.279 e. The molecule has 0 radical (unpaired) electrons. The van der Waals surface area contributed by atoms with Gasteiger partial charge in [-0.25, -0.2) is 0 Å². The number of aryl methyl sites for hydroxylation is 1. The van der Waals surface area contributed by atoms with Crippen molar-refractivity contribution in [3.63, 3.8) is 0 Å². The second-order valence-corrected chi connectivity index (χ2v) is 8.27. The van der Waals surface area contributed by atoms with Crippen molar-refractivity contribution in [2.24, 2.45) is 11.8 Å². The summed E-state index contributed by atoms with van der Waals surface area (Å²) in [5, 5.41) is 8.29. The maximum atomic E-state index is 12.1. The largest absolute Gasteiger partial charge is 0.353 e. The summed E-state index contributed by atoms with van der Waals surface area (Å²) in [4.78, 5) is 2.10. The number of anilines is 1. The molecule has 0 spiro atoms. The Morgan fingerprint density at radius 3 is 2.45 bits per heavy atom. The summed E-state index contributed by atoms with van der Waals surface area (Å²) >= 11 is 0. The van der Waals surface area contributed by atoms with Gasteiger partial charge in [-0.05, 0) is 30.9 Å². The van der Waals surface area contributed by atoms with Gasteiger partial charge in [-0.1, -0.05) is 13.8 Å². The van der Waals surface area contributed by atoms with Gasteiger partial charge in [0.05, 0.1) is 5.69 Å². The fourth-order valence-corrected chi connectivity index (χ4v) is 3.52. The first-order valence-corrected chi connectivity index (χ1v) is 8.90. The summed E-state index contributed by atoms with van der Waals surface area (Å²) in [5.74, 6) is 1.40. The number of rotatable bonds is 5. The molecule has 1 aliphatic heterocycles. The van der Waals surface area contributed by atoms with E-state index in [0.29, 0.717) is 12.5 Å². The molecule has 0 amide bonds. The van der Waals surface area contributed by atoms with Gasteiger partial charge < -0.3 is 4.90 Å². The van der Waals surface area contributed by atoms with E-state index >= 15 is 0 Å². The Bertz CT molecular complexity index is 600. The van der Waals surface area contributed by atoms with Crippen molar-refractivity contribution >= 4 is 16.0 Å². The molecule has 0 bridgehead atoms. The van der Waals surface area contributed by atoms with Crippen molar-refractivity contribution < 1.29 is 8.42 Å². The molecule has 1 aromatic rings. The Kier molecular flexibility index (Phi) is 5.03. The second kappa shape index (κ2) is 6.47. The minimum Gasteiger partial charge on any atom is -0.353 e. The normalized spacial score (nSPS) is 22.8. The molecule has 22 heavy (non-hydrogen) atoms. The van der Waals surface area contributed by atoms with Crippen LogP contribution in [-0.2, 0) is 10.2 Å². The molecule has 1 fully saturated rings. The third-order valence-electron chi connectivity index (χ3n) is 4.11. The van der Waals surface area contributed by atoms with E-state index in [1.807, 2.05) is 19.1 Å². The second-order valence-electron chi connectivity index (χ2n) is 6.36. The zero-order valence-corrected chi connectivity index (χ0v) is 14.6. The predicted octanol–water partition coefficient (Wildman–Crippen LogP) is 0.642. The first-order valence-electron chi connectivity index (χ1n) is 7.45. The zero-order valence-electron chi connectivity index (χ0n) is 13.8. The molecule has 0 aliphatic carbocycles. The highest BCUT2D eigenvalue weighted by Gasteiger charge is 2.38. The van der Waals surface area contributed by atoms with Gasteiger partial charge >= 0.3 is 0 Å². The van der Waals surface area contributed by atoms with Crippen molar-refractivity contribution in [1.29, 1.82) is 0 Å². The van der Waals surface area contributed by atoms with Crippen molar-refractivity contribution in [2.75, 3.05) is 32.1 Å². The van der Waals surface area contributed by atoms with Crippen LogP contribution in [0.1, 0.15) is 19.5 Å². The van der Waals surface area contributed by atoms with Crippen LogP contribution in [0.3, 0.4) is 0 Å². The molecule has 0 unspecified atom stereocenters. The van der Waals surface area contributed by atoms with Gasteiger partial charge in [-0.2, -0.15) is 22.5 Å². The highest BCUT2D eigenvalue weighted by molar-refractivity contribution is 7.87. The maximum Gasteiger partial charge on any atom is 0.279 e. The van der Waals surface area contributed by atoms with Gasteiger partial charge in [0.25, 0.3) is 10.2 Å². The fraction of sp³-hybridized carbons (Fsp3) is 0.714. The standard InChI is InChI=1S/C14H25N5O2S/c1-10(2)12-8-19(14-7-6-11(3)15-16-14)9-13(12)17-22(20,21)18(4)5/h6-7,10,12-13,17H,8-9H2,1-5H3/t12-,13+/m0/s1. The summed E-state index contributed by atoms with van der Waals surface area (Å²) in [6.07, 6.45) is 0. The molecule has 1 saturated heterocycles. The van der Waals surface area contributed by atoms with E-state index in [-0.39, 0.29) is 12.0 Å². The first-order chi connectivity index (χ1) is 10.2. The number of hydrogen-bond donors (Lipinski definition) is 1. The molecule has 1 N–H and O–H groups in total. The topological polar surface area (TPSA) is 78.4 Å². The molecule has 124 valence electrons. The Labute approximate surface area is 132 Å². The van der Waals surface area contributed by atoms with E-state index in [0.717, 1.165) is 18.1 Å². The zero-order chi connectivity index (χ0) is 16.5. The third-order valence-corrected chi connectivity index (χ3v) is 5.67. The molecule has 1 aromatic heterocycles. The van der Waals surface area contributed by atoms with Crippen LogP contribution in [0, 0.1) is 18.8 Å². The van der Waals surface area contributed by atoms with Crippen LogP contribution in [0.25, 0.3) is 0 Å². The van der Waals surface area contributed by atoms with E-state index in [1.54, 1.807) is 0 Å². The molecule has 2 heterocycles. The molecule has 2 atom stereocenters. The van der Waals surface area contributed by atoms with Gasteiger partial charge in [0, 0.05) is 33.2 Å². The van der Waals surface area contributed by atoms with Crippen LogP contribution in [-0.4, -0.2) is 56.1 Å². The minimum atomic E-state index is -3.44. The van der Waals surface area contributed by atoms with Gasteiger partial charge in [0.15, 0.2) is 5.82 Å². The molecular formula is C14H25N5O2S. The molecule has 1 aliphatic rings. The van der Waals surface area contributed by atoms with Crippen LogP contribution >= 0.6 is 0 Å². The van der Waals surface area contributed by atoms with Crippen LogP contribution in [0.4, 0.5) is 5.82 Å². The summed E-state index contributed by atoms with van der Waals surface area (Å²) in [6, 6.07) is 3.72. The first kappa shape index (κ1) is 17.1. The monoisotopic (exact) mass is 327 g/mol. The number of aromatic nitrogens is 2. The van der Waals surface area contributed by atoms with Gasteiger partial charge in [0.1, 0.15) is 0 Å². The van der Waals surface area contributed by atoms with Gasteiger partial charge in [-0.3, -0.25) is 0 Å². The van der Waals surface area contributed by atoms with Gasteiger partial charge in [-0.15, -0.1) is 5.10 Å². The van der Waals surface area contributed by atoms with E-state index in [9.17, 15) is 8.42 Å². The van der Waals surface area contributed by atoms with E-state index in [4.69, 9.17) is 0 Å². The highest BCUT2D eigenvalue weighted by Crippen LogP contribution is 2.28. The lowest BCUT2D eigenvalue weighted by molar-refractivity contribution is 0.358. The number of hydrogen-bond acceptors (Lipinski definition) is 5. The predicted molar refractivity (Wildman–Crippen MR) is 86.8 cm³/mol. The average molecular weight is 327 g/mol. The van der Waals surface area contributed by atoms with Crippen LogP contribution in [0.15, 0.2) is 12.1 Å². The molecule has 0 aromatic carbocycles. The molecule has 2 rings (SSSR count). The summed E-state index contributed by atoms with van der Waals surface area (Å²) in [7, 11) is -0.375. The summed E-state index contributed by atoms with van der Waals surface area (Å²) in [5.41, 5.74) is 0.869. The Balaban J connectivity index is 2.18. The summed E-state index contributed by atoms with van der Waals surface area (Å²) in [6.45, 7) is 7.51. The minimum absolute atomic E-state index is 0.129. The van der Waals surface area contributed by atoms with Crippen molar-refractivity contribution in [3.05, 3.63) is 17.8 Å². The van der Waals surface area contributed by atoms with Crippen molar-refractivity contribution in [1.82, 2.24) is 19.2 Å². The molecular weight excluding hydrogens is 302 g/mol. The Morgan fingerprint density at radius 1 is 1.27 bits per heavy atom. The lowest BCUT2D eigenvalue weighted by atomic mass is 9.92. The highest BCUT2D eigenvalue weighted by atomic mass is 32.2. The van der Waals surface area contributed by atoms with Gasteiger partial charge in [0.2, 0.25) is 0 Å².